The van der Waals surface area contributed by atoms with E-state index in [0.717, 1.165) is 16.2 Å². The molecule has 5 nitrogen and oxygen atoms in total. The molecule has 2 heterocycles. The van der Waals surface area contributed by atoms with E-state index in [2.05, 4.69) is 6.07 Å². The molecule has 1 aromatic carbocycles. The van der Waals surface area contributed by atoms with Crippen molar-refractivity contribution >= 4 is 35.0 Å². The van der Waals surface area contributed by atoms with Crippen LogP contribution in [0.3, 0.4) is 0 Å². The van der Waals surface area contributed by atoms with Crippen molar-refractivity contribution in [2.24, 2.45) is 0 Å². The molecule has 2 N–H and O–H groups in total. The van der Waals surface area contributed by atoms with Gasteiger partial charge in [0.05, 0.1) is 21.9 Å². The smallest absolute Gasteiger partial charge is 0.336 e. The first kappa shape index (κ1) is 21.6. The lowest BCUT2D eigenvalue weighted by Gasteiger charge is -2.22. The number of likely N-dealkylation sites (tertiary alicyclic amines) is 1. The number of hydrogen-bond donors (Lipinski definition) is 2. The highest BCUT2D eigenvalue weighted by Gasteiger charge is 2.28. The largest absolute Gasteiger partial charge is 0.478 e. The van der Waals surface area contributed by atoms with Crippen LogP contribution in [0, 0.1) is 6.92 Å². The highest BCUT2D eigenvalue weighted by atomic mass is 32.2. The van der Waals surface area contributed by atoms with Crippen LogP contribution in [0.2, 0.25) is 0 Å². The van der Waals surface area contributed by atoms with E-state index in [-0.39, 0.29) is 11.9 Å². The molecular formula is C22H25NO4S2. The summed E-state index contributed by atoms with van der Waals surface area (Å²) in [6, 6.07) is 9.77. The van der Waals surface area contributed by atoms with Crippen LogP contribution in [0.5, 0.6) is 0 Å². The summed E-state index contributed by atoms with van der Waals surface area (Å²) in [5.74, 6) is -0.0790. The highest BCUT2D eigenvalue weighted by molar-refractivity contribution is 8.01. The second-order valence-electron chi connectivity index (χ2n) is 7.15. The van der Waals surface area contributed by atoms with Crippen LogP contribution < -0.4 is 0 Å². The second kappa shape index (κ2) is 10.1. The number of carbonyl (C=O) groups is 2. The zero-order chi connectivity index (χ0) is 20.8. The van der Waals surface area contributed by atoms with Crippen molar-refractivity contribution in [3.05, 3.63) is 64.6 Å². The van der Waals surface area contributed by atoms with Gasteiger partial charge in [-0.1, -0.05) is 42.0 Å². The van der Waals surface area contributed by atoms with Gasteiger partial charge in [-0.15, -0.1) is 23.1 Å². The number of carbonyl (C=O) groups excluding carboxylic acids is 1. The van der Waals surface area contributed by atoms with Gasteiger partial charge in [-0.2, -0.15) is 0 Å². The number of thiophene rings is 1. The molecule has 154 valence electrons. The lowest BCUT2D eigenvalue weighted by molar-refractivity contribution is -0.128. The molecule has 1 saturated heterocycles. The third-order valence-electron chi connectivity index (χ3n) is 4.86. The number of nitrogens with zero attached hydrogens (tertiary/aromatic N) is 1. The van der Waals surface area contributed by atoms with Crippen LogP contribution in [0.15, 0.2) is 52.1 Å². The Hall–Kier alpha value is -2.09. The second-order valence-corrected chi connectivity index (χ2v) is 9.45. The quantitative estimate of drug-likeness (QED) is 0.464. The highest BCUT2D eigenvalue weighted by Crippen LogP contribution is 2.28. The van der Waals surface area contributed by atoms with Crippen LogP contribution >= 0.6 is 23.1 Å². The van der Waals surface area contributed by atoms with Crippen molar-refractivity contribution in [2.75, 3.05) is 12.3 Å². The summed E-state index contributed by atoms with van der Waals surface area (Å²) >= 11 is 2.97. The van der Waals surface area contributed by atoms with Crippen molar-refractivity contribution in [1.82, 2.24) is 4.90 Å². The molecule has 3 rings (SSSR count). The van der Waals surface area contributed by atoms with Gasteiger partial charge in [0.1, 0.15) is 0 Å². The maximum absolute atomic E-state index is 12.2. The van der Waals surface area contributed by atoms with Gasteiger partial charge in [0.15, 0.2) is 0 Å². The summed E-state index contributed by atoms with van der Waals surface area (Å²) in [5.41, 5.74) is 2.57. The molecule has 1 aromatic heterocycles. The number of aliphatic hydroxyl groups is 1. The molecule has 0 aliphatic carbocycles. The monoisotopic (exact) mass is 431 g/mol. The van der Waals surface area contributed by atoms with E-state index in [9.17, 15) is 14.7 Å². The SMILES string of the molecule is Cc1cccc(C[C@H](O)/C=C/[C@H]2CCC(=O)N2CCSc2cc(C(=O)O)cs2)c1. The van der Waals surface area contributed by atoms with Crippen molar-refractivity contribution in [2.45, 2.75) is 42.5 Å². The van der Waals surface area contributed by atoms with Crippen molar-refractivity contribution in [1.29, 1.82) is 0 Å². The number of hydrogen-bond acceptors (Lipinski definition) is 5. The third-order valence-corrected chi connectivity index (χ3v) is 7.01. The van der Waals surface area contributed by atoms with Crippen LogP contribution in [0.1, 0.15) is 34.3 Å². The Morgan fingerprint density at radius 2 is 2.24 bits per heavy atom. The molecule has 0 saturated carbocycles. The van der Waals surface area contributed by atoms with E-state index >= 15 is 0 Å². The molecule has 2 aromatic rings. The molecular weight excluding hydrogens is 406 g/mol. The minimum atomic E-state index is -0.919. The van der Waals surface area contributed by atoms with E-state index in [0.29, 0.717) is 30.7 Å². The number of rotatable bonds is 9. The minimum absolute atomic E-state index is 0.00757. The van der Waals surface area contributed by atoms with Gasteiger partial charge in [0.2, 0.25) is 5.91 Å². The van der Waals surface area contributed by atoms with Crippen molar-refractivity contribution in [3.63, 3.8) is 0 Å². The zero-order valence-electron chi connectivity index (χ0n) is 16.3. The molecule has 0 radical (unpaired) electrons. The van der Waals surface area contributed by atoms with Gasteiger partial charge in [-0.25, -0.2) is 4.79 Å². The molecule has 1 amide bonds. The average molecular weight is 432 g/mol. The van der Waals surface area contributed by atoms with Crippen molar-refractivity contribution < 1.29 is 19.8 Å². The Labute approximate surface area is 179 Å². The number of carboxylic acids is 1. The Balaban J connectivity index is 1.51. The predicted octanol–water partition coefficient (Wildman–Crippen LogP) is 4.00. The van der Waals surface area contributed by atoms with Gasteiger partial charge >= 0.3 is 5.97 Å². The standard InChI is InChI=1S/C22H25NO4S2/c1-15-3-2-4-16(11-15)12-19(24)7-5-18-6-8-20(25)23(18)9-10-28-21-13-17(14-29-21)22(26)27/h2-5,7,11,13-14,18-19,24H,6,8-10,12H2,1H3,(H,26,27)/b7-5+/t18-,19+/m0/s1. The van der Waals surface area contributed by atoms with Crippen LogP contribution in [0.4, 0.5) is 0 Å². The fraction of sp³-hybridized carbons (Fsp3) is 0.364. The summed E-state index contributed by atoms with van der Waals surface area (Å²) in [4.78, 5) is 25.1. The molecule has 1 aliphatic heterocycles. The van der Waals surface area contributed by atoms with Crippen molar-refractivity contribution in [3.8, 4) is 0 Å². The first-order valence-corrected chi connectivity index (χ1v) is 11.4. The first-order chi connectivity index (χ1) is 13.9. The number of carboxylic acid groups (broad SMARTS) is 1. The van der Waals surface area contributed by atoms with E-state index in [1.165, 1.54) is 16.9 Å². The molecule has 7 heteroatoms. The summed E-state index contributed by atoms with van der Waals surface area (Å²) in [6.07, 6.45) is 5.01. The number of aliphatic hydroxyl groups excluding tert-OH is 1. The Kier molecular flexibility index (Phi) is 7.52. The number of amides is 1. The summed E-state index contributed by atoms with van der Waals surface area (Å²) < 4.78 is 0.940. The molecule has 0 bridgehead atoms. The normalized spacial score (nSPS) is 17.9. The summed E-state index contributed by atoms with van der Waals surface area (Å²) in [5, 5.41) is 21.0. The lowest BCUT2D eigenvalue weighted by atomic mass is 10.0. The van der Waals surface area contributed by atoms with E-state index < -0.39 is 12.1 Å². The topological polar surface area (TPSA) is 77.8 Å². The first-order valence-electron chi connectivity index (χ1n) is 9.58. The van der Waals surface area contributed by atoms with Gasteiger partial charge in [0.25, 0.3) is 0 Å². The summed E-state index contributed by atoms with van der Waals surface area (Å²) in [6.45, 7) is 2.64. The fourth-order valence-corrected chi connectivity index (χ4v) is 5.37. The predicted molar refractivity (Wildman–Crippen MR) is 117 cm³/mol. The van der Waals surface area contributed by atoms with E-state index in [1.54, 1.807) is 29.3 Å². The Morgan fingerprint density at radius 3 is 2.97 bits per heavy atom. The number of aryl methyl sites for hydroxylation is 1. The summed E-state index contributed by atoms with van der Waals surface area (Å²) in [7, 11) is 0. The number of aromatic carboxylic acids is 1. The molecule has 1 aliphatic rings. The Morgan fingerprint density at radius 1 is 1.41 bits per heavy atom. The minimum Gasteiger partial charge on any atom is -0.478 e. The van der Waals surface area contributed by atoms with Gasteiger partial charge in [0, 0.05) is 30.5 Å². The fourth-order valence-electron chi connectivity index (χ4n) is 3.40. The van der Waals surface area contributed by atoms with Gasteiger partial charge in [-0.3, -0.25) is 4.79 Å². The van der Waals surface area contributed by atoms with Crippen LogP contribution in [-0.2, 0) is 11.2 Å². The van der Waals surface area contributed by atoms with Gasteiger partial charge < -0.3 is 15.1 Å². The maximum atomic E-state index is 12.2. The van der Waals surface area contributed by atoms with Crippen LogP contribution in [0.25, 0.3) is 0 Å². The molecule has 0 spiro atoms. The van der Waals surface area contributed by atoms with E-state index in [1.807, 2.05) is 36.1 Å². The molecule has 0 unspecified atom stereocenters. The van der Waals surface area contributed by atoms with Gasteiger partial charge in [-0.05, 0) is 25.0 Å². The number of benzene rings is 1. The maximum Gasteiger partial charge on any atom is 0.336 e. The lowest BCUT2D eigenvalue weighted by Crippen LogP contribution is -2.33. The third kappa shape index (κ3) is 6.19. The molecule has 29 heavy (non-hydrogen) atoms. The molecule has 1 fully saturated rings. The van der Waals surface area contributed by atoms with E-state index in [4.69, 9.17) is 5.11 Å². The molecule has 2 atom stereocenters. The van der Waals surface area contributed by atoms with Crippen LogP contribution in [-0.4, -0.2) is 51.4 Å². The Bertz CT molecular complexity index is 892. The number of thioether (sulfide) groups is 1. The average Bonchev–Trinajstić information content (AvgIpc) is 3.28. The zero-order valence-corrected chi connectivity index (χ0v) is 17.9.